The van der Waals surface area contributed by atoms with Gasteiger partial charge in [-0.3, -0.25) is 0 Å². The number of hydrogen-bond donors (Lipinski definition) is 1. The predicted molar refractivity (Wildman–Crippen MR) is 95.8 cm³/mol. The average molecular weight is 339 g/mol. The third-order valence-corrected chi connectivity index (χ3v) is 5.46. The minimum absolute atomic E-state index is 0.642. The number of rotatable bonds is 5. The van der Waals surface area contributed by atoms with Gasteiger partial charge in [-0.25, -0.2) is 4.98 Å². The van der Waals surface area contributed by atoms with Gasteiger partial charge < -0.3 is 9.88 Å². The molecule has 2 aromatic heterocycles. The Kier molecular flexibility index (Phi) is 4.40. The van der Waals surface area contributed by atoms with Gasteiger partial charge in [-0.2, -0.15) is 0 Å². The fraction of sp³-hybridized carbons (Fsp3) is 0.389. The van der Waals surface area contributed by atoms with E-state index in [0.29, 0.717) is 5.92 Å². The van der Waals surface area contributed by atoms with Gasteiger partial charge in [0, 0.05) is 37.0 Å². The molecule has 0 amide bonds. The van der Waals surface area contributed by atoms with Gasteiger partial charge in [-0.05, 0) is 19.3 Å². The third-order valence-electron chi connectivity index (χ3n) is 4.52. The molecule has 0 radical (unpaired) electrons. The van der Waals surface area contributed by atoms with Crippen LogP contribution in [0, 0.1) is 12.8 Å². The van der Waals surface area contributed by atoms with E-state index in [4.69, 9.17) is 4.98 Å². The molecule has 5 nitrogen and oxygen atoms in total. The van der Waals surface area contributed by atoms with Crippen LogP contribution in [0.5, 0.6) is 0 Å². The highest BCUT2D eigenvalue weighted by atomic mass is 32.1. The largest absolute Gasteiger partial charge is 0.317 e. The molecule has 4 rings (SSSR count). The number of benzene rings is 1. The highest BCUT2D eigenvalue weighted by Gasteiger charge is 2.19. The van der Waals surface area contributed by atoms with Gasteiger partial charge in [-0.15, -0.1) is 21.5 Å². The molecule has 1 N–H and O–H groups in total. The third kappa shape index (κ3) is 3.39. The summed E-state index contributed by atoms with van der Waals surface area (Å²) in [4.78, 5) is 4.75. The van der Waals surface area contributed by atoms with E-state index in [1.54, 1.807) is 11.3 Å². The highest BCUT2D eigenvalue weighted by Crippen LogP contribution is 2.24. The molecule has 3 aromatic rings. The zero-order valence-corrected chi connectivity index (χ0v) is 14.6. The van der Waals surface area contributed by atoms with Crippen LogP contribution in [-0.4, -0.2) is 26.3 Å². The van der Waals surface area contributed by atoms with Crippen LogP contribution >= 0.6 is 11.3 Å². The van der Waals surface area contributed by atoms with Gasteiger partial charge in [0.05, 0.1) is 5.69 Å². The van der Waals surface area contributed by atoms with Crippen LogP contribution < -0.4 is 5.32 Å². The lowest BCUT2D eigenvalue weighted by molar-refractivity contribution is 0.347. The number of aryl methyl sites for hydroxylation is 2. The zero-order chi connectivity index (χ0) is 16.4. The van der Waals surface area contributed by atoms with Gasteiger partial charge in [0.1, 0.15) is 17.2 Å². The Labute approximate surface area is 145 Å². The maximum absolute atomic E-state index is 4.75. The molecule has 3 heterocycles. The summed E-state index contributed by atoms with van der Waals surface area (Å²) in [6.45, 7) is 4.96. The van der Waals surface area contributed by atoms with Crippen molar-refractivity contribution in [3.05, 3.63) is 53.1 Å². The van der Waals surface area contributed by atoms with Gasteiger partial charge in [0.15, 0.2) is 0 Å². The molecular formula is C18H21N5S. The number of thiazole rings is 1. The van der Waals surface area contributed by atoms with E-state index in [1.165, 1.54) is 17.5 Å². The summed E-state index contributed by atoms with van der Waals surface area (Å²) in [5.74, 6) is 1.76. The summed E-state index contributed by atoms with van der Waals surface area (Å²) < 4.78 is 2.17. The van der Waals surface area contributed by atoms with Crippen molar-refractivity contribution in [3.8, 4) is 10.6 Å². The Morgan fingerprint density at radius 3 is 3.04 bits per heavy atom. The first-order chi connectivity index (χ1) is 11.8. The molecule has 0 unspecified atom stereocenters. The fourth-order valence-corrected chi connectivity index (χ4v) is 3.94. The maximum atomic E-state index is 4.75. The first-order valence-electron chi connectivity index (χ1n) is 8.37. The van der Waals surface area contributed by atoms with Crippen LogP contribution in [0.1, 0.15) is 23.5 Å². The molecule has 1 aliphatic heterocycles. The minimum Gasteiger partial charge on any atom is -0.317 e. The van der Waals surface area contributed by atoms with E-state index in [2.05, 4.69) is 56.7 Å². The Balaban J connectivity index is 1.30. The molecule has 1 atom stereocenters. The van der Waals surface area contributed by atoms with Crippen molar-refractivity contribution in [2.75, 3.05) is 6.54 Å². The van der Waals surface area contributed by atoms with Crippen molar-refractivity contribution >= 4 is 11.3 Å². The van der Waals surface area contributed by atoms with Crippen LogP contribution in [0.25, 0.3) is 10.6 Å². The van der Waals surface area contributed by atoms with Crippen LogP contribution in [0.2, 0.25) is 0 Å². The molecule has 1 aliphatic rings. The SMILES string of the molecule is Cc1ccc(-c2nc(CNC[C@@H]3CCc4nncn4C3)cs2)cc1. The maximum Gasteiger partial charge on any atom is 0.132 e. The van der Waals surface area contributed by atoms with Gasteiger partial charge in [-0.1, -0.05) is 29.8 Å². The van der Waals surface area contributed by atoms with Crippen LogP contribution in [0.3, 0.4) is 0 Å². The lowest BCUT2D eigenvalue weighted by Gasteiger charge is -2.23. The van der Waals surface area contributed by atoms with Crippen molar-refractivity contribution in [3.63, 3.8) is 0 Å². The minimum atomic E-state index is 0.642. The van der Waals surface area contributed by atoms with Crippen LogP contribution in [-0.2, 0) is 19.5 Å². The first-order valence-corrected chi connectivity index (χ1v) is 9.25. The number of hydrogen-bond acceptors (Lipinski definition) is 5. The van der Waals surface area contributed by atoms with Crippen molar-refractivity contribution < 1.29 is 0 Å². The smallest absolute Gasteiger partial charge is 0.132 e. The summed E-state index contributed by atoms with van der Waals surface area (Å²) in [5.41, 5.74) is 3.60. The second-order valence-electron chi connectivity index (χ2n) is 6.45. The molecule has 6 heteroatoms. The summed E-state index contributed by atoms with van der Waals surface area (Å²) in [7, 11) is 0. The van der Waals surface area contributed by atoms with E-state index in [-0.39, 0.29) is 0 Å². The van der Waals surface area contributed by atoms with Crippen LogP contribution in [0.4, 0.5) is 0 Å². The Bertz CT molecular complexity index is 805. The average Bonchev–Trinajstić information content (AvgIpc) is 3.24. The highest BCUT2D eigenvalue weighted by molar-refractivity contribution is 7.13. The summed E-state index contributed by atoms with van der Waals surface area (Å²) in [6.07, 6.45) is 4.05. The summed E-state index contributed by atoms with van der Waals surface area (Å²) in [6, 6.07) is 8.56. The van der Waals surface area contributed by atoms with Crippen LogP contribution in [0.15, 0.2) is 36.0 Å². The fourth-order valence-electron chi connectivity index (χ4n) is 3.12. The van der Waals surface area contributed by atoms with Crippen molar-refractivity contribution in [1.29, 1.82) is 0 Å². The molecular weight excluding hydrogens is 318 g/mol. The van der Waals surface area contributed by atoms with Gasteiger partial charge >= 0.3 is 0 Å². The molecule has 124 valence electrons. The standard InChI is InChI=1S/C18H21N5S/c1-13-2-5-15(6-3-13)18-21-16(11-24-18)9-19-8-14-4-7-17-22-20-12-23(17)10-14/h2-3,5-6,11-12,14,19H,4,7-10H2,1H3/t14-/m0/s1. The number of nitrogens with one attached hydrogen (secondary N) is 1. The lowest BCUT2D eigenvalue weighted by atomic mass is 9.99. The van der Waals surface area contributed by atoms with E-state index >= 15 is 0 Å². The van der Waals surface area contributed by atoms with E-state index in [1.807, 2.05) is 6.33 Å². The van der Waals surface area contributed by atoms with E-state index in [9.17, 15) is 0 Å². The number of nitrogens with zero attached hydrogens (tertiary/aromatic N) is 4. The molecule has 24 heavy (non-hydrogen) atoms. The Morgan fingerprint density at radius 2 is 2.17 bits per heavy atom. The van der Waals surface area contributed by atoms with Gasteiger partial charge in [0.25, 0.3) is 0 Å². The second kappa shape index (κ2) is 6.83. The normalized spacial score (nSPS) is 17.0. The number of fused-ring (bicyclic) bond motifs is 1. The Hall–Kier alpha value is -2.05. The summed E-state index contributed by atoms with van der Waals surface area (Å²) in [5, 5.41) is 14.9. The van der Waals surface area contributed by atoms with Gasteiger partial charge in [0.2, 0.25) is 0 Å². The predicted octanol–water partition coefficient (Wildman–Crippen LogP) is 3.06. The van der Waals surface area contributed by atoms with E-state index < -0.39 is 0 Å². The lowest BCUT2D eigenvalue weighted by Crippen LogP contribution is -2.29. The van der Waals surface area contributed by atoms with E-state index in [0.717, 1.165) is 42.6 Å². The quantitative estimate of drug-likeness (QED) is 0.776. The molecule has 0 spiro atoms. The Morgan fingerprint density at radius 1 is 1.29 bits per heavy atom. The molecule has 0 aliphatic carbocycles. The van der Waals surface area contributed by atoms with Crippen molar-refractivity contribution in [2.24, 2.45) is 5.92 Å². The monoisotopic (exact) mass is 339 g/mol. The second-order valence-corrected chi connectivity index (χ2v) is 7.30. The first kappa shape index (κ1) is 15.5. The van der Waals surface area contributed by atoms with Crippen molar-refractivity contribution in [1.82, 2.24) is 25.1 Å². The molecule has 0 fully saturated rings. The number of aromatic nitrogens is 4. The molecule has 1 aromatic carbocycles. The zero-order valence-electron chi connectivity index (χ0n) is 13.8. The molecule has 0 saturated heterocycles. The molecule has 0 bridgehead atoms. The topological polar surface area (TPSA) is 55.6 Å². The van der Waals surface area contributed by atoms with Crippen molar-refractivity contribution in [2.45, 2.75) is 32.9 Å². The summed E-state index contributed by atoms with van der Waals surface area (Å²) >= 11 is 1.71. The molecule has 0 saturated carbocycles.